The summed E-state index contributed by atoms with van der Waals surface area (Å²) in [6, 6.07) is 23.6. The molecule has 0 aliphatic rings. The van der Waals surface area contributed by atoms with Crippen LogP contribution in [0, 0.1) is 13.8 Å². The summed E-state index contributed by atoms with van der Waals surface area (Å²) in [6.45, 7) is 7.36. The van der Waals surface area contributed by atoms with Crippen LogP contribution < -0.4 is 9.62 Å². The minimum atomic E-state index is -3.93. The molecule has 32 heavy (non-hydrogen) atoms. The highest BCUT2D eigenvalue weighted by Crippen LogP contribution is 2.28. The van der Waals surface area contributed by atoms with Crippen molar-refractivity contribution < 1.29 is 13.2 Å². The van der Waals surface area contributed by atoms with Gasteiger partial charge in [0, 0.05) is 5.54 Å². The Labute approximate surface area is 191 Å². The highest BCUT2D eigenvalue weighted by Gasteiger charge is 2.30. The number of nitrogens with one attached hydrogen (secondary N) is 1. The topological polar surface area (TPSA) is 66.5 Å². The van der Waals surface area contributed by atoms with Crippen LogP contribution in [0.25, 0.3) is 0 Å². The summed E-state index contributed by atoms with van der Waals surface area (Å²) < 4.78 is 28.3. The highest BCUT2D eigenvalue weighted by molar-refractivity contribution is 7.92. The molecule has 0 aliphatic heterocycles. The first-order valence-electron chi connectivity index (χ1n) is 10.6. The van der Waals surface area contributed by atoms with Gasteiger partial charge in [-0.25, -0.2) is 8.42 Å². The van der Waals surface area contributed by atoms with Crippen molar-refractivity contribution in [3.8, 4) is 0 Å². The van der Waals surface area contributed by atoms with Crippen molar-refractivity contribution >= 4 is 21.6 Å². The van der Waals surface area contributed by atoms with Crippen molar-refractivity contribution in [3.05, 3.63) is 95.6 Å². The molecule has 0 radical (unpaired) electrons. The van der Waals surface area contributed by atoms with Crippen LogP contribution in [0.5, 0.6) is 0 Å². The molecule has 0 aliphatic carbocycles. The van der Waals surface area contributed by atoms with Gasteiger partial charge in [0.2, 0.25) is 5.91 Å². The SMILES string of the molecule is Cc1cccc(N(CC(=O)NC(C)(C)Cc2ccccc2)S(=O)(=O)c2ccccc2)c1C. The second-order valence-corrected chi connectivity index (χ2v) is 10.5. The molecule has 0 heterocycles. The molecule has 0 atom stereocenters. The number of carbonyl (C=O) groups is 1. The molecule has 0 aromatic heterocycles. The molecular formula is C26H30N2O3S. The molecule has 0 saturated carbocycles. The quantitative estimate of drug-likeness (QED) is 0.544. The molecule has 3 aromatic rings. The lowest BCUT2D eigenvalue weighted by Crippen LogP contribution is -2.50. The van der Waals surface area contributed by atoms with Gasteiger partial charge in [0.25, 0.3) is 10.0 Å². The van der Waals surface area contributed by atoms with Gasteiger partial charge in [-0.2, -0.15) is 0 Å². The van der Waals surface area contributed by atoms with E-state index in [1.54, 1.807) is 36.4 Å². The maximum Gasteiger partial charge on any atom is 0.264 e. The molecule has 1 N–H and O–H groups in total. The number of aryl methyl sites for hydroxylation is 1. The van der Waals surface area contributed by atoms with Crippen molar-refractivity contribution in [2.75, 3.05) is 10.8 Å². The van der Waals surface area contributed by atoms with E-state index in [1.165, 1.54) is 4.31 Å². The third-order valence-corrected chi connectivity index (χ3v) is 7.20. The Morgan fingerprint density at radius 3 is 2.09 bits per heavy atom. The zero-order valence-corrected chi connectivity index (χ0v) is 19.8. The number of amides is 1. The Hall–Kier alpha value is -3.12. The van der Waals surface area contributed by atoms with Gasteiger partial charge in [-0.3, -0.25) is 9.10 Å². The molecule has 0 fully saturated rings. The molecule has 1 amide bonds. The van der Waals surface area contributed by atoms with Crippen LogP contribution in [0.4, 0.5) is 5.69 Å². The Morgan fingerprint density at radius 1 is 0.875 bits per heavy atom. The second-order valence-electron chi connectivity index (χ2n) is 8.64. The first kappa shape index (κ1) is 23.5. The summed E-state index contributed by atoms with van der Waals surface area (Å²) in [5.41, 5.74) is 2.84. The summed E-state index contributed by atoms with van der Waals surface area (Å²) in [6.07, 6.45) is 0.633. The number of anilines is 1. The van der Waals surface area contributed by atoms with Gasteiger partial charge < -0.3 is 5.32 Å². The molecule has 168 valence electrons. The van der Waals surface area contributed by atoms with E-state index in [1.807, 2.05) is 70.2 Å². The second kappa shape index (κ2) is 9.57. The van der Waals surface area contributed by atoms with Gasteiger partial charge in [-0.15, -0.1) is 0 Å². The monoisotopic (exact) mass is 450 g/mol. The van der Waals surface area contributed by atoms with Crippen LogP contribution in [-0.2, 0) is 21.2 Å². The molecule has 6 heteroatoms. The van der Waals surface area contributed by atoms with E-state index in [2.05, 4.69) is 5.32 Å². The maximum absolute atomic E-state index is 13.5. The number of benzene rings is 3. The van der Waals surface area contributed by atoms with Gasteiger partial charge in [0.05, 0.1) is 10.6 Å². The van der Waals surface area contributed by atoms with E-state index in [4.69, 9.17) is 0 Å². The molecule has 0 bridgehead atoms. The van der Waals surface area contributed by atoms with E-state index in [9.17, 15) is 13.2 Å². The van der Waals surface area contributed by atoms with Crippen LogP contribution in [0.3, 0.4) is 0 Å². The van der Waals surface area contributed by atoms with E-state index < -0.39 is 15.6 Å². The number of rotatable bonds is 8. The summed E-state index contributed by atoms with van der Waals surface area (Å²) in [5.74, 6) is -0.355. The lowest BCUT2D eigenvalue weighted by Gasteiger charge is -2.30. The average Bonchev–Trinajstić information content (AvgIpc) is 2.75. The third-order valence-electron chi connectivity index (χ3n) is 5.43. The smallest absolute Gasteiger partial charge is 0.264 e. The summed E-state index contributed by atoms with van der Waals surface area (Å²) in [7, 11) is -3.93. The van der Waals surface area contributed by atoms with Crippen LogP contribution in [0.1, 0.15) is 30.5 Å². The minimum absolute atomic E-state index is 0.150. The third kappa shape index (κ3) is 5.56. The zero-order chi connectivity index (χ0) is 23.4. The maximum atomic E-state index is 13.5. The van der Waals surface area contributed by atoms with E-state index in [0.717, 1.165) is 16.7 Å². The van der Waals surface area contributed by atoms with Gasteiger partial charge in [0.1, 0.15) is 6.54 Å². The molecule has 0 saturated heterocycles. The molecule has 0 unspecified atom stereocenters. The molecular weight excluding hydrogens is 420 g/mol. The minimum Gasteiger partial charge on any atom is -0.349 e. The van der Waals surface area contributed by atoms with Crippen molar-refractivity contribution in [1.82, 2.24) is 5.32 Å². The fourth-order valence-corrected chi connectivity index (χ4v) is 5.22. The largest absolute Gasteiger partial charge is 0.349 e. The predicted molar refractivity (Wildman–Crippen MR) is 129 cm³/mol. The van der Waals surface area contributed by atoms with Gasteiger partial charge in [-0.1, -0.05) is 60.7 Å². The van der Waals surface area contributed by atoms with E-state index >= 15 is 0 Å². The first-order chi connectivity index (χ1) is 15.1. The molecule has 5 nitrogen and oxygen atoms in total. The molecule has 3 rings (SSSR count). The zero-order valence-electron chi connectivity index (χ0n) is 19.0. The number of hydrogen-bond donors (Lipinski definition) is 1. The lowest BCUT2D eigenvalue weighted by atomic mass is 9.95. The van der Waals surface area contributed by atoms with Crippen molar-refractivity contribution in [2.24, 2.45) is 0 Å². The highest BCUT2D eigenvalue weighted by atomic mass is 32.2. The fourth-order valence-electron chi connectivity index (χ4n) is 3.72. The number of carbonyl (C=O) groups excluding carboxylic acids is 1. The van der Waals surface area contributed by atoms with Crippen molar-refractivity contribution in [1.29, 1.82) is 0 Å². The van der Waals surface area contributed by atoms with Crippen molar-refractivity contribution in [3.63, 3.8) is 0 Å². The fraction of sp³-hybridized carbons (Fsp3) is 0.269. The summed E-state index contributed by atoms with van der Waals surface area (Å²) in [5, 5.41) is 3.02. The van der Waals surface area contributed by atoms with Gasteiger partial charge in [-0.05, 0) is 69.0 Å². The number of sulfonamides is 1. The van der Waals surface area contributed by atoms with Gasteiger partial charge >= 0.3 is 0 Å². The average molecular weight is 451 g/mol. The summed E-state index contributed by atoms with van der Waals surface area (Å²) >= 11 is 0. The normalized spacial score (nSPS) is 11.8. The first-order valence-corrected chi connectivity index (χ1v) is 12.0. The van der Waals surface area contributed by atoms with Crippen LogP contribution >= 0.6 is 0 Å². The molecule has 3 aromatic carbocycles. The van der Waals surface area contributed by atoms with Crippen LogP contribution in [0.15, 0.2) is 83.8 Å². The van der Waals surface area contributed by atoms with Gasteiger partial charge in [0.15, 0.2) is 0 Å². The molecule has 0 spiro atoms. The number of hydrogen-bond acceptors (Lipinski definition) is 3. The predicted octanol–water partition coefficient (Wildman–Crippen LogP) is 4.64. The Kier molecular flexibility index (Phi) is 7.04. The van der Waals surface area contributed by atoms with E-state index in [0.29, 0.717) is 12.1 Å². The Bertz CT molecular complexity index is 1170. The van der Waals surface area contributed by atoms with E-state index in [-0.39, 0.29) is 17.3 Å². The Morgan fingerprint density at radius 2 is 1.47 bits per heavy atom. The van der Waals surface area contributed by atoms with Crippen molar-refractivity contribution in [2.45, 2.75) is 44.6 Å². The number of nitrogens with zero attached hydrogens (tertiary/aromatic N) is 1. The standard InChI is InChI=1S/C26H30N2O3S/c1-20-12-11-17-24(21(20)2)28(32(30,31)23-15-9-6-10-16-23)19-25(29)27-26(3,4)18-22-13-7-5-8-14-22/h5-17H,18-19H2,1-4H3,(H,27,29). The lowest BCUT2D eigenvalue weighted by molar-refractivity contribution is -0.121. The summed E-state index contributed by atoms with van der Waals surface area (Å²) in [4.78, 5) is 13.2. The Balaban J connectivity index is 1.90. The van der Waals surface area contributed by atoms with Crippen LogP contribution in [-0.4, -0.2) is 26.4 Å². The van der Waals surface area contributed by atoms with Crippen LogP contribution in [0.2, 0.25) is 0 Å².